The summed E-state index contributed by atoms with van der Waals surface area (Å²) in [6.45, 7) is 0.420. The Labute approximate surface area is 166 Å². The maximum Gasteiger partial charge on any atom is 0.252 e. The molecule has 0 aliphatic carbocycles. The number of ether oxygens (including phenoxy) is 3. The molecular weight excluding hydrogens is 392 g/mol. The molecule has 0 aromatic rings. The van der Waals surface area contributed by atoms with Gasteiger partial charge in [-0.25, -0.2) is 0 Å². The lowest BCUT2D eigenvalue weighted by Crippen LogP contribution is -2.66. The van der Waals surface area contributed by atoms with Gasteiger partial charge in [-0.05, 0) is 0 Å². The average Bonchev–Trinajstić information content (AvgIpc) is 2.68. The standard InChI is InChI=1S/C17H26N2O10/c1-3-4-18-16(26)15-12(24)11(23)13(25)17(29-15)28-14-8(19-7(2)21)6-27-9(5-20)10(14)22/h1,8-15,17,20,22-25H,4-6H2,2H3,(H,18,26)(H,19,21)/t8-,9+,10-,11-,12-,13+,14+,15?,17+/m1/s1. The van der Waals surface area contributed by atoms with E-state index in [1.54, 1.807) is 0 Å². The Bertz CT molecular complexity index is 626. The quantitative estimate of drug-likeness (QED) is 0.206. The molecule has 2 aliphatic heterocycles. The van der Waals surface area contributed by atoms with Crippen molar-refractivity contribution in [2.45, 2.75) is 62.0 Å². The van der Waals surface area contributed by atoms with E-state index < -0.39 is 73.5 Å². The van der Waals surface area contributed by atoms with Crippen molar-refractivity contribution in [1.82, 2.24) is 10.6 Å². The first kappa shape index (κ1) is 23.5. The summed E-state index contributed by atoms with van der Waals surface area (Å²) >= 11 is 0. The van der Waals surface area contributed by atoms with Crippen LogP contribution in [-0.4, -0.2) is 112 Å². The van der Waals surface area contributed by atoms with E-state index in [2.05, 4.69) is 16.6 Å². The number of aliphatic hydroxyl groups is 5. The molecule has 1 unspecified atom stereocenters. The lowest BCUT2D eigenvalue weighted by atomic mass is 9.96. The van der Waals surface area contributed by atoms with E-state index in [1.165, 1.54) is 6.92 Å². The molecule has 0 spiro atoms. The Morgan fingerprint density at radius 1 is 1.17 bits per heavy atom. The number of carbonyl (C=O) groups is 2. The van der Waals surface area contributed by atoms with Gasteiger partial charge in [0.1, 0.15) is 36.6 Å². The van der Waals surface area contributed by atoms with Crippen LogP contribution in [0.2, 0.25) is 0 Å². The number of amides is 2. The van der Waals surface area contributed by atoms with Crippen molar-refractivity contribution in [2.75, 3.05) is 19.8 Å². The number of hydrogen-bond acceptors (Lipinski definition) is 10. The molecule has 9 atom stereocenters. The van der Waals surface area contributed by atoms with Crippen molar-refractivity contribution in [3.05, 3.63) is 0 Å². The van der Waals surface area contributed by atoms with Crippen LogP contribution in [0, 0.1) is 12.3 Å². The van der Waals surface area contributed by atoms with Gasteiger partial charge in [0.25, 0.3) is 5.91 Å². The van der Waals surface area contributed by atoms with Crippen LogP contribution < -0.4 is 10.6 Å². The van der Waals surface area contributed by atoms with Gasteiger partial charge in [0.05, 0.1) is 25.8 Å². The Hall–Kier alpha value is -1.82. The topological polar surface area (TPSA) is 187 Å². The van der Waals surface area contributed by atoms with E-state index in [-0.39, 0.29) is 13.2 Å². The van der Waals surface area contributed by atoms with E-state index >= 15 is 0 Å². The van der Waals surface area contributed by atoms with Crippen LogP contribution in [0.1, 0.15) is 6.92 Å². The summed E-state index contributed by atoms with van der Waals surface area (Å²) in [5.74, 6) is 0.879. The molecule has 2 rings (SSSR count). The van der Waals surface area contributed by atoms with Crippen molar-refractivity contribution in [3.63, 3.8) is 0 Å². The Morgan fingerprint density at radius 3 is 2.45 bits per heavy atom. The summed E-state index contributed by atoms with van der Waals surface area (Å²) in [6, 6.07) is -0.876. The highest BCUT2D eigenvalue weighted by Gasteiger charge is 2.50. The van der Waals surface area contributed by atoms with Crippen molar-refractivity contribution in [1.29, 1.82) is 0 Å². The lowest BCUT2D eigenvalue weighted by Gasteiger charge is -2.45. The van der Waals surface area contributed by atoms with Gasteiger partial charge in [-0.15, -0.1) is 6.42 Å². The van der Waals surface area contributed by atoms with Crippen molar-refractivity contribution in [2.24, 2.45) is 0 Å². The maximum absolute atomic E-state index is 12.1. The van der Waals surface area contributed by atoms with Gasteiger partial charge in [-0.2, -0.15) is 0 Å². The summed E-state index contributed by atoms with van der Waals surface area (Å²) in [4.78, 5) is 23.6. The van der Waals surface area contributed by atoms with E-state index in [0.29, 0.717) is 0 Å². The molecule has 12 heteroatoms. The largest absolute Gasteiger partial charge is 0.394 e. The molecule has 0 aromatic carbocycles. The molecule has 0 aromatic heterocycles. The van der Waals surface area contributed by atoms with Gasteiger partial charge < -0.3 is 50.4 Å². The minimum absolute atomic E-state index is 0.118. The fraction of sp³-hybridized carbons (Fsp3) is 0.765. The van der Waals surface area contributed by atoms with Crippen LogP contribution in [0.25, 0.3) is 0 Å². The number of hydrogen-bond donors (Lipinski definition) is 7. The summed E-state index contributed by atoms with van der Waals surface area (Å²) in [5.41, 5.74) is 0. The lowest BCUT2D eigenvalue weighted by molar-refractivity contribution is -0.319. The van der Waals surface area contributed by atoms with Gasteiger partial charge in [0.15, 0.2) is 12.4 Å². The monoisotopic (exact) mass is 418 g/mol. The van der Waals surface area contributed by atoms with E-state index in [0.717, 1.165) is 0 Å². The molecule has 2 heterocycles. The maximum atomic E-state index is 12.1. The number of nitrogens with one attached hydrogen (secondary N) is 2. The summed E-state index contributed by atoms with van der Waals surface area (Å²) < 4.78 is 16.2. The molecule has 164 valence electrons. The van der Waals surface area contributed by atoms with Gasteiger partial charge in [0.2, 0.25) is 5.91 Å². The number of rotatable bonds is 6. The summed E-state index contributed by atoms with van der Waals surface area (Å²) in [6.07, 6.45) is -7.23. The molecule has 7 N–H and O–H groups in total. The highest BCUT2D eigenvalue weighted by atomic mass is 16.7. The van der Waals surface area contributed by atoms with Crippen molar-refractivity contribution in [3.8, 4) is 12.3 Å². The fourth-order valence-electron chi connectivity index (χ4n) is 3.16. The molecule has 0 bridgehead atoms. The predicted molar refractivity (Wildman–Crippen MR) is 93.8 cm³/mol. The molecule has 2 amide bonds. The highest BCUT2D eigenvalue weighted by Crippen LogP contribution is 2.27. The van der Waals surface area contributed by atoms with E-state index in [4.69, 9.17) is 20.6 Å². The first-order valence-corrected chi connectivity index (χ1v) is 8.95. The molecule has 0 radical (unpaired) electrons. The van der Waals surface area contributed by atoms with Crippen molar-refractivity contribution >= 4 is 11.8 Å². The fourth-order valence-corrected chi connectivity index (χ4v) is 3.16. The number of terminal acetylenes is 1. The zero-order valence-electron chi connectivity index (χ0n) is 15.7. The van der Waals surface area contributed by atoms with Crippen LogP contribution in [-0.2, 0) is 23.8 Å². The van der Waals surface area contributed by atoms with E-state index in [9.17, 15) is 35.1 Å². The normalized spacial score (nSPS) is 40.0. The smallest absolute Gasteiger partial charge is 0.252 e. The third kappa shape index (κ3) is 5.41. The summed E-state index contributed by atoms with van der Waals surface area (Å²) in [7, 11) is 0. The van der Waals surface area contributed by atoms with Gasteiger partial charge in [-0.3, -0.25) is 9.59 Å². The van der Waals surface area contributed by atoms with Crippen LogP contribution >= 0.6 is 0 Å². The van der Waals surface area contributed by atoms with Crippen molar-refractivity contribution < 1.29 is 49.3 Å². The average molecular weight is 418 g/mol. The number of aliphatic hydroxyl groups excluding tert-OH is 5. The zero-order valence-corrected chi connectivity index (χ0v) is 15.7. The van der Waals surface area contributed by atoms with Gasteiger partial charge in [-0.1, -0.05) is 5.92 Å². The minimum atomic E-state index is -1.81. The third-order valence-electron chi connectivity index (χ3n) is 4.66. The first-order chi connectivity index (χ1) is 13.7. The molecule has 2 saturated heterocycles. The predicted octanol–water partition coefficient (Wildman–Crippen LogP) is -4.81. The summed E-state index contributed by atoms with van der Waals surface area (Å²) in [5, 5.41) is 54.9. The van der Waals surface area contributed by atoms with Crippen LogP contribution in [0.5, 0.6) is 0 Å². The Morgan fingerprint density at radius 2 is 1.86 bits per heavy atom. The molecule has 12 nitrogen and oxygen atoms in total. The SMILES string of the molecule is C#CCNC(=O)C1O[C@H](O[C@@H]2[C@H](O)[C@H](CO)OC[C@H]2NC(C)=O)[C@@H](O)[C@H](O)[C@H]1O. The first-order valence-electron chi connectivity index (χ1n) is 8.95. The molecular formula is C17H26N2O10. The van der Waals surface area contributed by atoms with Gasteiger partial charge in [0, 0.05) is 6.92 Å². The second-order valence-electron chi connectivity index (χ2n) is 6.77. The Balaban J connectivity index is 2.19. The Kier molecular flexibility index (Phi) is 8.32. The third-order valence-corrected chi connectivity index (χ3v) is 4.66. The molecule has 29 heavy (non-hydrogen) atoms. The highest BCUT2D eigenvalue weighted by molar-refractivity contribution is 5.82. The molecule has 0 saturated carbocycles. The zero-order chi connectivity index (χ0) is 21.7. The van der Waals surface area contributed by atoms with E-state index in [1.807, 2.05) is 0 Å². The van der Waals surface area contributed by atoms with Crippen LogP contribution in [0.3, 0.4) is 0 Å². The van der Waals surface area contributed by atoms with Crippen LogP contribution in [0.15, 0.2) is 0 Å². The second-order valence-corrected chi connectivity index (χ2v) is 6.77. The minimum Gasteiger partial charge on any atom is -0.394 e. The van der Waals surface area contributed by atoms with Crippen LogP contribution in [0.4, 0.5) is 0 Å². The van der Waals surface area contributed by atoms with Gasteiger partial charge >= 0.3 is 0 Å². The second kappa shape index (κ2) is 10.3. The number of carbonyl (C=O) groups excluding carboxylic acids is 2. The molecule has 2 aliphatic rings. The molecule has 2 fully saturated rings.